The second kappa shape index (κ2) is 5.94. The van der Waals surface area contributed by atoms with Gasteiger partial charge in [0.25, 0.3) is 0 Å². The Morgan fingerprint density at radius 3 is 2.82 bits per heavy atom. The van der Waals surface area contributed by atoms with Gasteiger partial charge >= 0.3 is 0 Å². The fourth-order valence-corrected chi connectivity index (χ4v) is 2.71. The molecule has 0 spiro atoms. The Kier molecular flexibility index (Phi) is 4.54. The lowest BCUT2D eigenvalue weighted by molar-refractivity contribution is 0.259. The van der Waals surface area contributed by atoms with Crippen molar-refractivity contribution in [2.45, 2.75) is 38.1 Å². The highest BCUT2D eigenvalue weighted by atomic mass is 79.9. The monoisotopic (exact) mass is 300 g/mol. The average molecular weight is 301 g/mol. The van der Waals surface area contributed by atoms with E-state index in [2.05, 4.69) is 21.4 Å². The third kappa shape index (κ3) is 3.50. The summed E-state index contributed by atoms with van der Waals surface area (Å²) in [6.45, 7) is 0. The van der Waals surface area contributed by atoms with Gasteiger partial charge in [-0.1, -0.05) is 35.2 Å². The smallest absolute Gasteiger partial charge is 0.123 e. The van der Waals surface area contributed by atoms with Gasteiger partial charge in [0.2, 0.25) is 0 Å². The minimum Gasteiger partial charge on any atom is -0.271 e. The molecule has 0 aromatic heterocycles. The number of hydrogen-bond acceptors (Lipinski definition) is 2. The van der Waals surface area contributed by atoms with Crippen LogP contribution in [0.1, 0.15) is 31.2 Å². The van der Waals surface area contributed by atoms with Crippen LogP contribution in [0.4, 0.5) is 4.39 Å². The highest BCUT2D eigenvalue weighted by molar-refractivity contribution is 9.10. The van der Waals surface area contributed by atoms with E-state index in [-0.39, 0.29) is 11.9 Å². The van der Waals surface area contributed by atoms with E-state index in [1.807, 2.05) is 0 Å². The Morgan fingerprint density at radius 2 is 2.24 bits per heavy atom. The lowest BCUT2D eigenvalue weighted by Crippen LogP contribution is -2.39. The molecule has 1 fully saturated rings. The molecule has 1 aromatic carbocycles. The fraction of sp³-hybridized carbons (Fsp3) is 0.538. The first-order chi connectivity index (χ1) is 8.19. The first-order valence-corrected chi connectivity index (χ1v) is 6.88. The minimum absolute atomic E-state index is 0.192. The maximum absolute atomic E-state index is 13.2. The molecule has 0 radical (unpaired) electrons. The van der Waals surface area contributed by atoms with Gasteiger partial charge in [0.15, 0.2) is 0 Å². The molecular formula is C13H18BrFN2. The zero-order valence-electron chi connectivity index (χ0n) is 9.76. The van der Waals surface area contributed by atoms with Crippen molar-refractivity contribution in [3.05, 3.63) is 34.1 Å². The number of hydrogen-bond donors (Lipinski definition) is 2. The van der Waals surface area contributed by atoms with E-state index >= 15 is 0 Å². The summed E-state index contributed by atoms with van der Waals surface area (Å²) >= 11 is 3.45. The summed E-state index contributed by atoms with van der Waals surface area (Å²) in [7, 11) is 0. The van der Waals surface area contributed by atoms with Crippen LogP contribution in [-0.4, -0.2) is 6.04 Å². The molecule has 3 N–H and O–H groups in total. The fourth-order valence-electron chi connectivity index (χ4n) is 2.31. The number of benzene rings is 1. The van der Waals surface area contributed by atoms with E-state index in [1.54, 1.807) is 12.1 Å². The van der Waals surface area contributed by atoms with E-state index in [0.717, 1.165) is 28.8 Å². The molecule has 0 aliphatic heterocycles. The van der Waals surface area contributed by atoms with Crippen LogP contribution in [-0.2, 0) is 6.42 Å². The molecule has 94 valence electrons. The minimum atomic E-state index is -0.192. The van der Waals surface area contributed by atoms with Gasteiger partial charge in [-0.2, -0.15) is 0 Å². The summed E-state index contributed by atoms with van der Waals surface area (Å²) in [5, 5.41) is 0. The van der Waals surface area contributed by atoms with Crippen LogP contribution in [0.3, 0.4) is 0 Å². The van der Waals surface area contributed by atoms with Crippen molar-refractivity contribution in [2.75, 3.05) is 0 Å². The van der Waals surface area contributed by atoms with E-state index in [1.165, 1.54) is 25.3 Å². The molecular weight excluding hydrogens is 283 g/mol. The Balaban J connectivity index is 1.98. The number of rotatable bonds is 5. The highest BCUT2D eigenvalue weighted by Gasteiger charge is 2.22. The van der Waals surface area contributed by atoms with Crippen LogP contribution in [0, 0.1) is 11.7 Å². The Morgan fingerprint density at radius 1 is 1.47 bits per heavy atom. The molecule has 17 heavy (non-hydrogen) atoms. The molecule has 1 atom stereocenters. The number of nitrogens with one attached hydrogen (secondary N) is 1. The van der Waals surface area contributed by atoms with Crippen LogP contribution in [0.15, 0.2) is 22.7 Å². The first kappa shape index (κ1) is 13.0. The topological polar surface area (TPSA) is 38.0 Å². The lowest BCUT2D eigenvalue weighted by atomic mass is 9.80. The quantitative estimate of drug-likeness (QED) is 0.647. The molecule has 0 heterocycles. The summed E-state index contributed by atoms with van der Waals surface area (Å²) in [6.07, 6.45) is 5.81. The van der Waals surface area contributed by atoms with Crippen LogP contribution >= 0.6 is 15.9 Å². The van der Waals surface area contributed by atoms with Crippen molar-refractivity contribution >= 4 is 15.9 Å². The van der Waals surface area contributed by atoms with Crippen LogP contribution < -0.4 is 11.3 Å². The van der Waals surface area contributed by atoms with Gasteiger partial charge in [0.05, 0.1) is 0 Å². The van der Waals surface area contributed by atoms with E-state index in [9.17, 15) is 4.39 Å². The summed E-state index contributed by atoms with van der Waals surface area (Å²) in [6, 6.07) is 5.03. The molecule has 2 nitrogen and oxygen atoms in total. The summed E-state index contributed by atoms with van der Waals surface area (Å²) in [5.74, 6) is 6.18. The first-order valence-electron chi connectivity index (χ1n) is 6.09. The number of halogens is 2. The maximum atomic E-state index is 13.2. The molecule has 1 aromatic rings. The lowest BCUT2D eigenvalue weighted by Gasteiger charge is -2.29. The standard InChI is InChI=1S/C13H18BrFN2/c14-13-5-4-11(15)7-10(13)8-12(17-16)6-9-2-1-3-9/h4-5,7,9,12,17H,1-3,6,8,16H2. The summed E-state index contributed by atoms with van der Waals surface area (Å²) in [5.41, 5.74) is 3.83. The maximum Gasteiger partial charge on any atom is 0.123 e. The third-order valence-corrected chi connectivity index (χ3v) is 4.33. The largest absolute Gasteiger partial charge is 0.271 e. The van der Waals surface area contributed by atoms with Crippen molar-refractivity contribution in [3.63, 3.8) is 0 Å². The van der Waals surface area contributed by atoms with Crippen molar-refractivity contribution in [3.8, 4) is 0 Å². The normalized spacial score (nSPS) is 17.8. The summed E-state index contributed by atoms with van der Waals surface area (Å²) < 4.78 is 14.1. The number of nitrogens with two attached hydrogens (primary N) is 1. The Hall–Kier alpha value is -0.450. The molecule has 2 rings (SSSR count). The van der Waals surface area contributed by atoms with Crippen LogP contribution in [0.25, 0.3) is 0 Å². The molecule has 1 aliphatic carbocycles. The number of hydrazine groups is 1. The zero-order valence-corrected chi connectivity index (χ0v) is 11.3. The molecule has 0 saturated heterocycles. The Labute approximate surface area is 110 Å². The van der Waals surface area contributed by atoms with Gasteiger partial charge in [-0.3, -0.25) is 11.3 Å². The predicted octanol–water partition coefficient (Wildman–Crippen LogP) is 3.15. The second-order valence-corrected chi connectivity index (χ2v) is 5.69. The van der Waals surface area contributed by atoms with Gasteiger partial charge in [-0.05, 0) is 42.5 Å². The van der Waals surface area contributed by atoms with E-state index in [0.29, 0.717) is 0 Å². The van der Waals surface area contributed by atoms with E-state index in [4.69, 9.17) is 5.84 Å². The van der Waals surface area contributed by atoms with Crippen molar-refractivity contribution < 1.29 is 4.39 Å². The molecule has 0 bridgehead atoms. The molecule has 1 aliphatic rings. The van der Waals surface area contributed by atoms with Crippen molar-refractivity contribution in [2.24, 2.45) is 11.8 Å². The SMILES string of the molecule is NNC(Cc1cc(F)ccc1Br)CC1CCC1. The predicted molar refractivity (Wildman–Crippen MR) is 70.9 cm³/mol. The Bertz CT molecular complexity index is 380. The second-order valence-electron chi connectivity index (χ2n) is 4.84. The van der Waals surface area contributed by atoms with Crippen molar-refractivity contribution in [1.82, 2.24) is 5.43 Å². The van der Waals surface area contributed by atoms with Gasteiger partial charge in [0.1, 0.15) is 5.82 Å². The zero-order chi connectivity index (χ0) is 12.3. The van der Waals surface area contributed by atoms with E-state index < -0.39 is 0 Å². The molecule has 1 unspecified atom stereocenters. The summed E-state index contributed by atoms with van der Waals surface area (Å²) in [4.78, 5) is 0. The average Bonchev–Trinajstić information content (AvgIpc) is 2.26. The van der Waals surface area contributed by atoms with Gasteiger partial charge in [-0.15, -0.1) is 0 Å². The third-order valence-electron chi connectivity index (χ3n) is 3.55. The molecule has 0 amide bonds. The van der Waals surface area contributed by atoms with Gasteiger partial charge in [-0.25, -0.2) is 4.39 Å². The molecule has 4 heteroatoms. The van der Waals surface area contributed by atoms with Gasteiger partial charge in [0, 0.05) is 10.5 Å². The van der Waals surface area contributed by atoms with Gasteiger partial charge < -0.3 is 0 Å². The van der Waals surface area contributed by atoms with Crippen LogP contribution in [0.2, 0.25) is 0 Å². The van der Waals surface area contributed by atoms with Crippen molar-refractivity contribution in [1.29, 1.82) is 0 Å². The molecule has 1 saturated carbocycles. The van der Waals surface area contributed by atoms with Crippen LogP contribution in [0.5, 0.6) is 0 Å². The highest BCUT2D eigenvalue weighted by Crippen LogP contribution is 2.31.